The zero-order chi connectivity index (χ0) is 15.3. The molecule has 0 N–H and O–H groups in total. The van der Waals surface area contributed by atoms with Crippen LogP contribution in [0.5, 0.6) is 0 Å². The van der Waals surface area contributed by atoms with Gasteiger partial charge in [-0.25, -0.2) is 0 Å². The highest BCUT2D eigenvalue weighted by atomic mass is 15.2. The van der Waals surface area contributed by atoms with Crippen LogP contribution in [0.3, 0.4) is 0 Å². The minimum atomic E-state index is 0.471. The number of unbranched alkanes of at least 4 members (excludes halogenated alkanes) is 5. The van der Waals surface area contributed by atoms with Crippen molar-refractivity contribution in [2.75, 3.05) is 13.6 Å². The molecule has 3 saturated carbocycles. The van der Waals surface area contributed by atoms with Gasteiger partial charge in [-0.1, -0.05) is 46.0 Å². The molecule has 3 aliphatic rings. The molecule has 124 valence electrons. The molecule has 0 aromatic carbocycles. The predicted octanol–water partition coefficient (Wildman–Crippen LogP) is 5.88. The van der Waals surface area contributed by atoms with E-state index in [0.29, 0.717) is 5.54 Å². The van der Waals surface area contributed by atoms with Crippen LogP contribution in [0.1, 0.15) is 91.4 Å². The smallest absolute Gasteiger partial charge is 0.0183 e. The summed E-state index contributed by atoms with van der Waals surface area (Å²) < 4.78 is 0. The molecule has 2 unspecified atom stereocenters. The maximum atomic E-state index is 2.72. The lowest BCUT2D eigenvalue weighted by Crippen LogP contribution is -2.50. The Labute approximate surface area is 133 Å². The molecule has 0 aliphatic heterocycles. The van der Waals surface area contributed by atoms with Crippen LogP contribution >= 0.6 is 0 Å². The van der Waals surface area contributed by atoms with Gasteiger partial charge < -0.3 is 4.90 Å². The molecule has 1 nitrogen and oxygen atoms in total. The molecule has 0 radical (unpaired) electrons. The molecule has 2 atom stereocenters. The van der Waals surface area contributed by atoms with E-state index in [4.69, 9.17) is 0 Å². The van der Waals surface area contributed by atoms with Crippen molar-refractivity contribution in [1.82, 2.24) is 4.90 Å². The average molecular weight is 294 g/mol. The third kappa shape index (κ3) is 4.98. The van der Waals surface area contributed by atoms with Gasteiger partial charge in [-0.2, -0.15) is 0 Å². The topological polar surface area (TPSA) is 3.24 Å². The van der Waals surface area contributed by atoms with E-state index >= 15 is 0 Å². The van der Waals surface area contributed by atoms with Gasteiger partial charge in [-0.05, 0) is 76.8 Å². The van der Waals surface area contributed by atoms with E-state index in [2.05, 4.69) is 32.7 Å². The van der Waals surface area contributed by atoms with E-state index in [1.54, 1.807) is 0 Å². The summed E-state index contributed by atoms with van der Waals surface area (Å²) >= 11 is 0. The molecule has 0 aromatic heterocycles. The van der Waals surface area contributed by atoms with Gasteiger partial charge in [0.1, 0.15) is 0 Å². The Hall–Kier alpha value is -0.0400. The van der Waals surface area contributed by atoms with E-state index in [1.807, 2.05) is 0 Å². The van der Waals surface area contributed by atoms with Crippen molar-refractivity contribution in [2.24, 2.45) is 17.8 Å². The highest BCUT2D eigenvalue weighted by Gasteiger charge is 2.41. The minimum Gasteiger partial charge on any atom is -0.301 e. The zero-order valence-electron chi connectivity index (χ0n) is 15.2. The van der Waals surface area contributed by atoms with Crippen LogP contribution in [0.25, 0.3) is 0 Å². The van der Waals surface area contributed by atoms with E-state index in [1.165, 1.54) is 77.2 Å². The van der Waals surface area contributed by atoms with E-state index in [-0.39, 0.29) is 0 Å². The minimum absolute atomic E-state index is 0.471. The van der Waals surface area contributed by atoms with Gasteiger partial charge in [0.15, 0.2) is 0 Å². The summed E-state index contributed by atoms with van der Waals surface area (Å²) in [5.74, 6) is 3.05. The van der Waals surface area contributed by atoms with Gasteiger partial charge in [-0.15, -0.1) is 0 Å². The Balaban J connectivity index is 1.74. The second-order valence-electron chi connectivity index (χ2n) is 8.64. The lowest BCUT2D eigenvalue weighted by Gasteiger charge is -2.50. The van der Waals surface area contributed by atoms with Crippen LogP contribution in [0.2, 0.25) is 0 Å². The summed E-state index contributed by atoms with van der Waals surface area (Å²) in [6, 6.07) is 0. The second kappa shape index (κ2) is 7.99. The molecule has 2 bridgehead atoms. The van der Waals surface area contributed by atoms with Crippen molar-refractivity contribution in [2.45, 2.75) is 96.9 Å². The molecule has 0 aromatic rings. The first-order valence-corrected chi connectivity index (χ1v) is 9.74. The lowest BCUT2D eigenvalue weighted by atomic mass is 9.62. The number of fused-ring (bicyclic) bond motifs is 4. The summed E-state index contributed by atoms with van der Waals surface area (Å²) in [5, 5.41) is 0. The fourth-order valence-electron chi connectivity index (χ4n) is 5.05. The van der Waals surface area contributed by atoms with E-state index in [0.717, 1.165) is 17.8 Å². The Morgan fingerprint density at radius 1 is 0.905 bits per heavy atom. The fraction of sp³-hybridized carbons (Fsp3) is 1.00. The van der Waals surface area contributed by atoms with Crippen molar-refractivity contribution in [1.29, 1.82) is 0 Å². The Bertz CT molecular complexity index is 290. The monoisotopic (exact) mass is 293 g/mol. The molecule has 3 fully saturated rings. The summed E-state index contributed by atoms with van der Waals surface area (Å²) in [6.45, 7) is 8.66. The van der Waals surface area contributed by atoms with Gasteiger partial charge in [0, 0.05) is 5.54 Å². The highest BCUT2D eigenvalue weighted by Crippen LogP contribution is 2.48. The number of nitrogens with zero attached hydrogens (tertiary/aromatic N) is 1. The maximum absolute atomic E-state index is 2.72. The standard InChI is InChI=1S/C20H39N/c1-5-6-7-8-9-10-11-21(4)20(3)15-17(2)12-18-13-19(14-18)16-20/h17-19H,5-16H2,1-4H3. The van der Waals surface area contributed by atoms with E-state index in [9.17, 15) is 0 Å². The molecular formula is C20H39N. The highest BCUT2D eigenvalue weighted by molar-refractivity contribution is 4.96. The van der Waals surface area contributed by atoms with E-state index < -0.39 is 0 Å². The maximum Gasteiger partial charge on any atom is 0.0183 e. The Morgan fingerprint density at radius 2 is 1.57 bits per heavy atom. The summed E-state index contributed by atoms with van der Waals surface area (Å²) in [7, 11) is 2.40. The van der Waals surface area contributed by atoms with Crippen molar-refractivity contribution in [3.8, 4) is 0 Å². The number of rotatable bonds is 8. The van der Waals surface area contributed by atoms with Crippen LogP contribution in [0, 0.1) is 17.8 Å². The summed E-state index contributed by atoms with van der Waals surface area (Å²) in [4.78, 5) is 2.72. The van der Waals surface area contributed by atoms with Crippen LogP contribution < -0.4 is 0 Å². The third-order valence-electron chi connectivity index (χ3n) is 6.35. The first-order chi connectivity index (χ1) is 10.0. The first kappa shape index (κ1) is 17.3. The molecule has 0 amide bonds. The predicted molar refractivity (Wildman–Crippen MR) is 93.6 cm³/mol. The van der Waals surface area contributed by atoms with Crippen molar-refractivity contribution in [3.05, 3.63) is 0 Å². The van der Waals surface area contributed by atoms with Crippen LogP contribution in [0.4, 0.5) is 0 Å². The summed E-state index contributed by atoms with van der Waals surface area (Å²) in [6.07, 6.45) is 15.9. The van der Waals surface area contributed by atoms with Crippen molar-refractivity contribution in [3.63, 3.8) is 0 Å². The van der Waals surface area contributed by atoms with Crippen molar-refractivity contribution < 1.29 is 0 Å². The van der Waals surface area contributed by atoms with Crippen LogP contribution in [0.15, 0.2) is 0 Å². The van der Waals surface area contributed by atoms with Gasteiger partial charge in [0.25, 0.3) is 0 Å². The largest absolute Gasteiger partial charge is 0.301 e. The molecule has 3 aliphatic carbocycles. The molecular weight excluding hydrogens is 254 g/mol. The average Bonchev–Trinajstić information content (AvgIpc) is 2.37. The third-order valence-corrected chi connectivity index (χ3v) is 6.35. The normalized spacial score (nSPS) is 36.1. The Kier molecular flexibility index (Phi) is 6.59. The van der Waals surface area contributed by atoms with Gasteiger partial charge in [-0.3, -0.25) is 0 Å². The molecule has 1 heteroatoms. The second-order valence-corrected chi connectivity index (χ2v) is 8.64. The lowest BCUT2D eigenvalue weighted by molar-refractivity contribution is 0.0102. The SMILES string of the molecule is CCCCCCCCN(C)C1(C)CC(C)CC2CC(C2)C1. The molecule has 21 heavy (non-hydrogen) atoms. The Morgan fingerprint density at radius 3 is 2.29 bits per heavy atom. The number of hydrogen-bond donors (Lipinski definition) is 0. The molecule has 0 heterocycles. The first-order valence-electron chi connectivity index (χ1n) is 9.74. The van der Waals surface area contributed by atoms with Gasteiger partial charge >= 0.3 is 0 Å². The van der Waals surface area contributed by atoms with Crippen molar-refractivity contribution >= 4 is 0 Å². The zero-order valence-corrected chi connectivity index (χ0v) is 15.2. The molecule has 0 spiro atoms. The van der Waals surface area contributed by atoms with Crippen LogP contribution in [-0.4, -0.2) is 24.0 Å². The fourth-order valence-corrected chi connectivity index (χ4v) is 5.05. The quantitative estimate of drug-likeness (QED) is 0.505. The van der Waals surface area contributed by atoms with Gasteiger partial charge in [0.2, 0.25) is 0 Å². The number of hydrogen-bond acceptors (Lipinski definition) is 1. The molecule has 3 rings (SSSR count). The molecule has 0 saturated heterocycles. The van der Waals surface area contributed by atoms with Crippen LogP contribution in [-0.2, 0) is 0 Å². The summed E-state index contributed by atoms with van der Waals surface area (Å²) in [5.41, 5.74) is 0.471. The van der Waals surface area contributed by atoms with Gasteiger partial charge in [0.05, 0.1) is 0 Å².